The first-order valence-electron chi connectivity index (χ1n) is 7.14. The molecule has 0 aromatic heterocycles. The molecule has 2 aliphatic heterocycles. The highest BCUT2D eigenvalue weighted by atomic mass is 32.2. The summed E-state index contributed by atoms with van der Waals surface area (Å²) in [7, 11) is -3.14. The largest absolute Gasteiger partial charge is 0.339 e. The predicted molar refractivity (Wildman–Crippen MR) is 79.0 cm³/mol. The van der Waals surface area contributed by atoms with Crippen molar-refractivity contribution in [2.75, 3.05) is 11.5 Å². The van der Waals surface area contributed by atoms with E-state index in [0.717, 1.165) is 0 Å². The molecule has 0 saturated carbocycles. The lowest BCUT2D eigenvalue weighted by molar-refractivity contribution is -0.180. The molecule has 0 N–H and O–H groups in total. The molecule has 122 valence electrons. The van der Waals surface area contributed by atoms with Gasteiger partial charge in [-0.3, -0.25) is 9.59 Å². The number of hydrogen-bond donors (Lipinski definition) is 0. The second kappa shape index (κ2) is 5.16. The number of hydrogen-bond acceptors (Lipinski definition) is 6. The summed E-state index contributed by atoms with van der Waals surface area (Å²) in [6.07, 6.45) is 0.217. The first-order chi connectivity index (χ1) is 10.7. The van der Waals surface area contributed by atoms with Crippen LogP contribution in [0, 0.1) is 5.41 Å². The molecule has 3 rings (SSSR count). The summed E-state index contributed by atoms with van der Waals surface area (Å²) in [5.41, 5.74) is -0.663. The Morgan fingerprint density at radius 1 is 1.09 bits per heavy atom. The zero-order chi connectivity index (χ0) is 16.8. The van der Waals surface area contributed by atoms with E-state index in [4.69, 9.17) is 4.84 Å². The molecule has 0 unspecified atom stereocenters. The Labute approximate surface area is 133 Å². The Morgan fingerprint density at radius 3 is 2.04 bits per heavy atom. The standard InChI is InChI=1S/C15H15NO6S/c1-15(6-8-23(20,21)9-7-15)14(19)22-16-12(17)10-4-2-3-5-11(10)13(16)18/h2-5H,6-9H2,1H3. The highest BCUT2D eigenvalue weighted by Crippen LogP contribution is 2.34. The van der Waals surface area contributed by atoms with E-state index >= 15 is 0 Å². The van der Waals surface area contributed by atoms with Crippen LogP contribution in [0.2, 0.25) is 0 Å². The number of amides is 2. The van der Waals surface area contributed by atoms with Gasteiger partial charge >= 0.3 is 5.97 Å². The van der Waals surface area contributed by atoms with E-state index in [1.54, 1.807) is 19.1 Å². The number of carbonyl (C=O) groups is 3. The molecule has 0 aliphatic carbocycles. The summed E-state index contributed by atoms with van der Waals surface area (Å²) in [6, 6.07) is 6.20. The summed E-state index contributed by atoms with van der Waals surface area (Å²) in [4.78, 5) is 41.7. The van der Waals surface area contributed by atoms with Gasteiger partial charge in [-0.2, -0.15) is 0 Å². The molecule has 2 aliphatic rings. The van der Waals surface area contributed by atoms with E-state index in [9.17, 15) is 22.8 Å². The van der Waals surface area contributed by atoms with Crippen LogP contribution in [0.5, 0.6) is 0 Å². The van der Waals surface area contributed by atoms with E-state index in [2.05, 4.69) is 0 Å². The number of rotatable bonds is 2. The third-order valence-corrected chi connectivity index (χ3v) is 6.01. The molecule has 0 radical (unpaired) electrons. The Morgan fingerprint density at radius 2 is 1.57 bits per heavy atom. The van der Waals surface area contributed by atoms with Gasteiger partial charge in [-0.05, 0) is 31.9 Å². The van der Waals surface area contributed by atoms with Crippen LogP contribution >= 0.6 is 0 Å². The minimum atomic E-state index is -3.14. The monoisotopic (exact) mass is 337 g/mol. The molecule has 8 heteroatoms. The fourth-order valence-corrected chi connectivity index (χ4v) is 4.36. The van der Waals surface area contributed by atoms with E-state index < -0.39 is 33.0 Å². The molecule has 23 heavy (non-hydrogen) atoms. The van der Waals surface area contributed by atoms with Gasteiger partial charge in [0.1, 0.15) is 9.84 Å². The van der Waals surface area contributed by atoms with Crippen molar-refractivity contribution in [3.63, 3.8) is 0 Å². The number of carbonyl (C=O) groups excluding carboxylic acids is 3. The van der Waals surface area contributed by atoms with Crippen LogP contribution in [0.4, 0.5) is 0 Å². The van der Waals surface area contributed by atoms with Crippen molar-refractivity contribution >= 4 is 27.6 Å². The number of imide groups is 1. The van der Waals surface area contributed by atoms with E-state index in [0.29, 0.717) is 5.06 Å². The van der Waals surface area contributed by atoms with Crippen molar-refractivity contribution < 1.29 is 27.6 Å². The predicted octanol–water partition coefficient (Wildman–Crippen LogP) is 0.956. The summed E-state index contributed by atoms with van der Waals surface area (Å²) >= 11 is 0. The smallest absolute Gasteiger partial charge is 0.329 e. The number of benzene rings is 1. The highest BCUT2D eigenvalue weighted by Gasteiger charge is 2.45. The van der Waals surface area contributed by atoms with Gasteiger partial charge in [0.05, 0.1) is 28.0 Å². The van der Waals surface area contributed by atoms with Crippen molar-refractivity contribution in [3.05, 3.63) is 35.4 Å². The van der Waals surface area contributed by atoms with Gasteiger partial charge in [-0.25, -0.2) is 13.2 Å². The highest BCUT2D eigenvalue weighted by molar-refractivity contribution is 7.91. The maximum absolute atomic E-state index is 12.4. The summed E-state index contributed by atoms with van der Waals surface area (Å²) in [5, 5.41) is 0.460. The molecular weight excluding hydrogens is 322 g/mol. The van der Waals surface area contributed by atoms with Crippen molar-refractivity contribution in [1.82, 2.24) is 5.06 Å². The molecular formula is C15H15NO6S. The van der Waals surface area contributed by atoms with Crippen LogP contribution < -0.4 is 0 Å². The molecule has 7 nitrogen and oxygen atoms in total. The molecule has 2 amide bonds. The summed E-state index contributed by atoms with van der Waals surface area (Å²) in [5.74, 6) is -2.36. The van der Waals surface area contributed by atoms with Gasteiger partial charge in [0.2, 0.25) is 0 Å². The Balaban J connectivity index is 1.77. The molecule has 1 aromatic carbocycles. The second-order valence-corrected chi connectivity index (χ2v) is 8.35. The average Bonchev–Trinajstić information content (AvgIpc) is 2.76. The minimum absolute atomic E-state index is 0.108. The molecule has 2 heterocycles. The van der Waals surface area contributed by atoms with Crippen molar-refractivity contribution in [1.29, 1.82) is 0 Å². The third kappa shape index (κ3) is 2.63. The van der Waals surface area contributed by atoms with Crippen LogP contribution in [0.3, 0.4) is 0 Å². The van der Waals surface area contributed by atoms with Crippen LogP contribution in [0.15, 0.2) is 24.3 Å². The lowest BCUT2D eigenvalue weighted by Gasteiger charge is -2.31. The third-order valence-electron chi connectivity index (χ3n) is 4.35. The lowest BCUT2D eigenvalue weighted by Crippen LogP contribution is -2.43. The average molecular weight is 337 g/mol. The van der Waals surface area contributed by atoms with Gasteiger partial charge in [0, 0.05) is 0 Å². The molecule has 0 spiro atoms. The molecule has 1 saturated heterocycles. The van der Waals surface area contributed by atoms with Crippen LogP contribution in [0.25, 0.3) is 0 Å². The number of fused-ring (bicyclic) bond motifs is 1. The maximum Gasteiger partial charge on any atom is 0.339 e. The summed E-state index contributed by atoms with van der Waals surface area (Å²) < 4.78 is 23.0. The Hall–Kier alpha value is -2.22. The van der Waals surface area contributed by atoms with Gasteiger partial charge in [0.25, 0.3) is 11.8 Å². The van der Waals surface area contributed by atoms with E-state index in [1.165, 1.54) is 12.1 Å². The number of sulfone groups is 1. The first-order valence-corrected chi connectivity index (χ1v) is 8.96. The lowest BCUT2D eigenvalue weighted by atomic mass is 9.84. The molecule has 0 bridgehead atoms. The molecule has 0 atom stereocenters. The van der Waals surface area contributed by atoms with Crippen LogP contribution in [-0.4, -0.2) is 42.8 Å². The minimum Gasteiger partial charge on any atom is -0.329 e. The Bertz CT molecular complexity index is 764. The zero-order valence-corrected chi connectivity index (χ0v) is 13.3. The van der Waals surface area contributed by atoms with Gasteiger partial charge in [-0.15, -0.1) is 0 Å². The maximum atomic E-state index is 12.4. The van der Waals surface area contributed by atoms with Crippen molar-refractivity contribution in [3.8, 4) is 0 Å². The fourth-order valence-electron chi connectivity index (χ4n) is 2.64. The molecule has 1 fully saturated rings. The normalized spacial score (nSPS) is 21.9. The topological polar surface area (TPSA) is 97.8 Å². The van der Waals surface area contributed by atoms with E-state index in [-0.39, 0.29) is 35.5 Å². The summed E-state index contributed by atoms with van der Waals surface area (Å²) in [6.45, 7) is 1.59. The first kappa shape index (κ1) is 15.7. The fraction of sp³-hybridized carbons (Fsp3) is 0.400. The second-order valence-electron chi connectivity index (χ2n) is 6.04. The van der Waals surface area contributed by atoms with Crippen molar-refractivity contribution in [2.45, 2.75) is 19.8 Å². The van der Waals surface area contributed by atoms with Gasteiger partial charge < -0.3 is 4.84 Å². The number of hydroxylamine groups is 2. The van der Waals surface area contributed by atoms with Crippen LogP contribution in [-0.2, 0) is 19.5 Å². The number of nitrogens with zero attached hydrogens (tertiary/aromatic N) is 1. The van der Waals surface area contributed by atoms with Gasteiger partial charge in [-0.1, -0.05) is 17.2 Å². The SMILES string of the molecule is CC1(C(=O)ON2C(=O)c3ccccc3C2=O)CCS(=O)(=O)CC1. The zero-order valence-electron chi connectivity index (χ0n) is 12.4. The Kier molecular flexibility index (Phi) is 3.51. The van der Waals surface area contributed by atoms with Crippen LogP contribution in [0.1, 0.15) is 40.5 Å². The quantitative estimate of drug-likeness (QED) is 0.746. The molecule has 1 aromatic rings. The van der Waals surface area contributed by atoms with Crippen molar-refractivity contribution in [2.24, 2.45) is 5.41 Å². The van der Waals surface area contributed by atoms with E-state index in [1.807, 2.05) is 0 Å². The van der Waals surface area contributed by atoms with Gasteiger partial charge in [0.15, 0.2) is 0 Å².